The van der Waals surface area contributed by atoms with Gasteiger partial charge in [-0.3, -0.25) is 0 Å². The zero-order valence-corrected chi connectivity index (χ0v) is 30.9. The van der Waals surface area contributed by atoms with Crippen LogP contribution in [0.2, 0.25) is 0 Å². The number of thiophene rings is 1. The van der Waals surface area contributed by atoms with Crippen molar-refractivity contribution >= 4 is 53.4 Å². The van der Waals surface area contributed by atoms with Crippen molar-refractivity contribution in [1.82, 2.24) is 15.0 Å². The molecule has 0 N–H and O–H groups in total. The third-order valence-electron chi connectivity index (χ3n) is 10.6. The Kier molecular flexibility index (Phi) is 7.64. The third kappa shape index (κ3) is 5.65. The van der Waals surface area contributed by atoms with Gasteiger partial charge in [-0.1, -0.05) is 158 Å². The topological polar surface area (TPSA) is 51.8 Å². The van der Waals surface area contributed by atoms with Crippen molar-refractivity contribution in [3.8, 4) is 67.5 Å². The first-order valence-electron chi connectivity index (χ1n) is 18.7. The van der Waals surface area contributed by atoms with E-state index < -0.39 is 0 Å². The molecule has 0 radical (unpaired) electrons. The van der Waals surface area contributed by atoms with Crippen LogP contribution >= 0.6 is 11.3 Å². The molecule has 11 rings (SSSR count). The summed E-state index contributed by atoms with van der Waals surface area (Å²) < 4.78 is 9.09. The molecule has 0 aliphatic carbocycles. The van der Waals surface area contributed by atoms with Crippen molar-refractivity contribution in [2.24, 2.45) is 0 Å². The van der Waals surface area contributed by atoms with Gasteiger partial charge in [-0.25, -0.2) is 15.0 Å². The molecule has 0 bridgehead atoms. The van der Waals surface area contributed by atoms with Crippen molar-refractivity contribution < 1.29 is 4.42 Å². The fourth-order valence-corrected chi connectivity index (χ4v) is 8.93. The molecule has 0 amide bonds. The Morgan fingerprint density at radius 1 is 0.321 bits per heavy atom. The van der Waals surface area contributed by atoms with Crippen LogP contribution in [-0.4, -0.2) is 15.0 Å². The standard InChI is InChI=1S/C51H31N3OS/c1-4-12-32(13-5-1)34-20-22-36(23-21-34)50-52-49(35-16-8-3-9-17-35)53-51(54-50)43-28-39(29-45-48(43)42-18-10-11-19-44(42)55-45)38-25-27-41-40-26-24-37(33-14-6-2-7-15-33)30-46(40)56-47(41)31-38/h1-31H. The molecule has 0 fully saturated rings. The molecule has 262 valence electrons. The van der Waals surface area contributed by atoms with E-state index in [-0.39, 0.29) is 0 Å². The molecule has 4 nitrogen and oxygen atoms in total. The van der Waals surface area contributed by atoms with Crippen LogP contribution in [0, 0.1) is 0 Å². The quantitative estimate of drug-likeness (QED) is 0.171. The van der Waals surface area contributed by atoms with Gasteiger partial charge in [0.2, 0.25) is 0 Å². The van der Waals surface area contributed by atoms with Crippen molar-refractivity contribution in [3.05, 3.63) is 188 Å². The van der Waals surface area contributed by atoms with Crippen LogP contribution in [0.15, 0.2) is 192 Å². The Labute approximate surface area is 327 Å². The van der Waals surface area contributed by atoms with Crippen molar-refractivity contribution in [3.63, 3.8) is 0 Å². The molecule has 0 aliphatic heterocycles. The third-order valence-corrected chi connectivity index (χ3v) is 11.7. The van der Waals surface area contributed by atoms with Crippen LogP contribution in [-0.2, 0) is 0 Å². The maximum atomic E-state index is 6.58. The van der Waals surface area contributed by atoms with Gasteiger partial charge in [-0.15, -0.1) is 11.3 Å². The highest BCUT2D eigenvalue weighted by Gasteiger charge is 2.20. The Bertz CT molecular complexity index is 3230. The van der Waals surface area contributed by atoms with Gasteiger partial charge in [-0.2, -0.15) is 0 Å². The first kappa shape index (κ1) is 32.2. The zero-order valence-electron chi connectivity index (χ0n) is 30.1. The largest absolute Gasteiger partial charge is 0.456 e. The summed E-state index contributed by atoms with van der Waals surface area (Å²) in [6.45, 7) is 0. The molecule has 11 aromatic rings. The number of nitrogens with zero attached hydrogens (tertiary/aromatic N) is 3. The number of hydrogen-bond acceptors (Lipinski definition) is 5. The summed E-state index contributed by atoms with van der Waals surface area (Å²) in [7, 11) is 0. The predicted octanol–water partition coefficient (Wildman–Crippen LogP) is 14.1. The van der Waals surface area contributed by atoms with Gasteiger partial charge in [-0.05, 0) is 63.7 Å². The summed E-state index contributed by atoms with van der Waals surface area (Å²) in [5, 5.41) is 4.53. The number of para-hydroxylation sites is 1. The van der Waals surface area contributed by atoms with Crippen molar-refractivity contribution in [2.45, 2.75) is 0 Å². The molecule has 56 heavy (non-hydrogen) atoms. The van der Waals surface area contributed by atoms with E-state index in [9.17, 15) is 0 Å². The van der Waals surface area contributed by atoms with Crippen LogP contribution in [0.4, 0.5) is 0 Å². The fraction of sp³-hybridized carbons (Fsp3) is 0. The summed E-state index contributed by atoms with van der Waals surface area (Å²) in [6, 6.07) is 65.7. The lowest BCUT2D eigenvalue weighted by Crippen LogP contribution is -2.00. The van der Waals surface area contributed by atoms with Gasteiger partial charge in [0.15, 0.2) is 17.5 Å². The Morgan fingerprint density at radius 2 is 0.786 bits per heavy atom. The number of furan rings is 1. The first-order valence-corrected chi connectivity index (χ1v) is 19.5. The Balaban J connectivity index is 1.09. The molecule has 0 spiro atoms. The summed E-state index contributed by atoms with van der Waals surface area (Å²) in [4.78, 5) is 15.5. The smallest absolute Gasteiger partial charge is 0.164 e. The number of rotatable bonds is 6. The van der Waals surface area contributed by atoms with E-state index in [4.69, 9.17) is 19.4 Å². The summed E-state index contributed by atoms with van der Waals surface area (Å²) >= 11 is 1.83. The van der Waals surface area contributed by atoms with Gasteiger partial charge >= 0.3 is 0 Å². The van der Waals surface area contributed by atoms with Crippen LogP contribution in [0.3, 0.4) is 0 Å². The maximum absolute atomic E-state index is 6.58. The predicted molar refractivity (Wildman–Crippen MR) is 233 cm³/mol. The second kappa shape index (κ2) is 13.3. The van der Waals surface area contributed by atoms with E-state index in [0.717, 1.165) is 60.9 Å². The second-order valence-corrected chi connectivity index (χ2v) is 15.1. The van der Waals surface area contributed by atoms with Crippen molar-refractivity contribution in [2.75, 3.05) is 0 Å². The average molecular weight is 734 g/mol. The number of fused-ring (bicyclic) bond motifs is 6. The molecule has 0 unspecified atom stereocenters. The maximum Gasteiger partial charge on any atom is 0.164 e. The molecule has 0 atom stereocenters. The molecular formula is C51H31N3OS. The van der Waals surface area contributed by atoms with Crippen LogP contribution in [0.25, 0.3) is 110 Å². The van der Waals surface area contributed by atoms with Gasteiger partial charge in [0.25, 0.3) is 0 Å². The molecule has 3 aromatic heterocycles. The number of aromatic nitrogens is 3. The molecule has 0 saturated heterocycles. The van der Waals surface area contributed by atoms with Gasteiger partial charge in [0.1, 0.15) is 11.2 Å². The lowest BCUT2D eigenvalue weighted by molar-refractivity contribution is 0.669. The molecule has 8 aromatic carbocycles. The van der Waals surface area contributed by atoms with Crippen LogP contribution < -0.4 is 0 Å². The summed E-state index contributed by atoms with van der Waals surface area (Å²) in [6.07, 6.45) is 0. The van der Waals surface area contributed by atoms with E-state index in [1.807, 2.05) is 59.9 Å². The van der Waals surface area contributed by atoms with E-state index >= 15 is 0 Å². The lowest BCUT2D eigenvalue weighted by atomic mass is 9.97. The molecule has 5 heteroatoms. The highest BCUT2D eigenvalue weighted by atomic mass is 32.1. The Morgan fingerprint density at radius 3 is 1.43 bits per heavy atom. The molecule has 3 heterocycles. The minimum Gasteiger partial charge on any atom is -0.456 e. The van der Waals surface area contributed by atoms with Crippen molar-refractivity contribution in [1.29, 1.82) is 0 Å². The Hall–Kier alpha value is -7.21. The monoisotopic (exact) mass is 733 g/mol. The second-order valence-electron chi connectivity index (χ2n) is 14.0. The van der Waals surface area contributed by atoms with Crippen LogP contribution in [0.5, 0.6) is 0 Å². The molecule has 0 saturated carbocycles. The van der Waals surface area contributed by atoms with E-state index in [2.05, 4.69) is 140 Å². The summed E-state index contributed by atoms with van der Waals surface area (Å²) in [5.74, 6) is 1.82. The SMILES string of the molecule is c1ccc(-c2ccc(-c3nc(-c4ccccc4)nc(-c4cc(-c5ccc6c(c5)sc5cc(-c7ccccc7)ccc56)cc5oc6ccccc6c45)n3)cc2)cc1. The minimum absolute atomic E-state index is 0.593. The van der Waals surface area contributed by atoms with Gasteiger partial charge in [0, 0.05) is 47.6 Å². The average Bonchev–Trinajstić information content (AvgIpc) is 3.84. The minimum atomic E-state index is 0.593. The van der Waals surface area contributed by atoms with Gasteiger partial charge < -0.3 is 4.42 Å². The van der Waals surface area contributed by atoms with Gasteiger partial charge in [0.05, 0.1) is 0 Å². The zero-order chi connectivity index (χ0) is 37.0. The fourth-order valence-electron chi connectivity index (χ4n) is 7.75. The molecule has 0 aliphatic rings. The van der Waals surface area contributed by atoms with E-state index in [1.165, 1.54) is 31.3 Å². The highest BCUT2D eigenvalue weighted by Crippen LogP contribution is 2.42. The first-order chi connectivity index (χ1) is 27.7. The normalized spacial score (nSPS) is 11.6. The highest BCUT2D eigenvalue weighted by molar-refractivity contribution is 7.25. The molecular weight excluding hydrogens is 703 g/mol. The lowest BCUT2D eigenvalue weighted by Gasteiger charge is -2.11. The number of benzene rings is 8. The van der Waals surface area contributed by atoms with Crippen LogP contribution in [0.1, 0.15) is 0 Å². The van der Waals surface area contributed by atoms with E-state index in [1.54, 1.807) is 0 Å². The number of hydrogen-bond donors (Lipinski definition) is 0. The summed E-state index contributed by atoms with van der Waals surface area (Å²) in [5.41, 5.74) is 11.2. The van der Waals surface area contributed by atoms with E-state index in [0.29, 0.717) is 17.5 Å².